The van der Waals surface area contributed by atoms with Crippen LogP contribution in [0.3, 0.4) is 0 Å². The second-order valence-electron chi connectivity index (χ2n) is 7.72. The van der Waals surface area contributed by atoms with Gasteiger partial charge >= 0.3 is 12.1 Å². The quantitative estimate of drug-likeness (QED) is 0.400. The van der Waals surface area contributed by atoms with Crippen LogP contribution in [0.25, 0.3) is 10.6 Å². The van der Waals surface area contributed by atoms with Gasteiger partial charge in [-0.1, -0.05) is 13.2 Å². The fraction of sp³-hybridized carbons (Fsp3) is 0.227. The molecule has 34 heavy (non-hydrogen) atoms. The number of anilines is 1. The molecule has 3 N–H and O–H groups in total. The Balaban J connectivity index is 2.05. The van der Waals surface area contributed by atoms with Gasteiger partial charge in [0.05, 0.1) is 18.5 Å². The summed E-state index contributed by atoms with van der Waals surface area (Å²) in [5.74, 6) is -3.18. The van der Waals surface area contributed by atoms with Crippen LogP contribution in [0.5, 0.6) is 0 Å². The molecule has 1 heterocycles. The summed E-state index contributed by atoms with van der Waals surface area (Å²) in [6.45, 7) is 11.8. The minimum Gasteiger partial charge on any atom is -0.464 e. The number of carbonyl (C=O) groups excluding carboxylic acids is 4. The average molecular weight is 491 g/mol. The van der Waals surface area contributed by atoms with Crippen LogP contribution >= 0.6 is 11.3 Å². The van der Waals surface area contributed by atoms with Crippen molar-refractivity contribution in [3.05, 3.63) is 59.6 Å². The van der Waals surface area contributed by atoms with Crippen molar-refractivity contribution in [2.75, 3.05) is 12.4 Å². The lowest BCUT2D eigenvalue weighted by Gasteiger charge is -2.19. The zero-order valence-corrected chi connectivity index (χ0v) is 19.7. The highest BCUT2D eigenvalue weighted by atomic mass is 32.1. The number of hydrogen-bond acceptors (Lipinski definition) is 8. The number of nitrogens with one attached hydrogen (secondary N) is 3. The maximum atomic E-state index is 14.5. The Kier molecular flexibility index (Phi) is 8.25. The molecule has 0 radical (unpaired) electrons. The van der Waals surface area contributed by atoms with E-state index in [1.807, 2.05) is 0 Å². The van der Waals surface area contributed by atoms with Crippen molar-refractivity contribution in [2.24, 2.45) is 0 Å². The van der Waals surface area contributed by atoms with Crippen LogP contribution in [0.4, 0.5) is 14.9 Å². The molecular weight excluding hydrogens is 467 g/mol. The number of amides is 3. The maximum Gasteiger partial charge on any atom is 0.412 e. The van der Waals surface area contributed by atoms with E-state index in [1.165, 1.54) is 17.5 Å². The van der Waals surface area contributed by atoms with Gasteiger partial charge in [-0.25, -0.2) is 19.0 Å². The van der Waals surface area contributed by atoms with Gasteiger partial charge in [-0.15, -0.1) is 11.3 Å². The van der Waals surface area contributed by atoms with E-state index >= 15 is 0 Å². The number of benzene rings is 1. The summed E-state index contributed by atoms with van der Waals surface area (Å²) in [6.07, 6.45) is -0.799. The van der Waals surface area contributed by atoms with Gasteiger partial charge in [0, 0.05) is 10.9 Å². The zero-order valence-electron chi connectivity index (χ0n) is 18.9. The molecule has 0 aliphatic rings. The first-order valence-corrected chi connectivity index (χ1v) is 10.5. The van der Waals surface area contributed by atoms with Crippen LogP contribution in [0.1, 0.15) is 31.3 Å². The van der Waals surface area contributed by atoms with E-state index in [0.717, 1.165) is 24.5 Å². The van der Waals surface area contributed by atoms with Crippen molar-refractivity contribution >= 4 is 40.9 Å². The predicted molar refractivity (Wildman–Crippen MR) is 123 cm³/mol. The molecule has 1 aromatic heterocycles. The highest BCUT2D eigenvalue weighted by Gasteiger charge is 2.20. The van der Waals surface area contributed by atoms with Crippen LogP contribution in [0, 0.1) is 5.82 Å². The smallest absolute Gasteiger partial charge is 0.412 e. The fourth-order valence-corrected chi connectivity index (χ4v) is 3.12. The lowest BCUT2D eigenvalue weighted by Crippen LogP contribution is -2.35. The lowest BCUT2D eigenvalue weighted by atomic mass is 10.2. The van der Waals surface area contributed by atoms with E-state index in [1.54, 1.807) is 20.8 Å². The first kappa shape index (κ1) is 26.2. The first-order valence-electron chi connectivity index (χ1n) is 9.65. The van der Waals surface area contributed by atoms with Gasteiger partial charge in [0.15, 0.2) is 0 Å². The summed E-state index contributed by atoms with van der Waals surface area (Å²) < 4.78 is 24.0. The minimum absolute atomic E-state index is 0.0443. The van der Waals surface area contributed by atoms with Crippen molar-refractivity contribution in [3.8, 4) is 10.6 Å². The summed E-state index contributed by atoms with van der Waals surface area (Å²) >= 11 is 1.06. The van der Waals surface area contributed by atoms with E-state index < -0.39 is 35.3 Å². The molecule has 0 atom stereocenters. The number of thiazole rings is 1. The van der Waals surface area contributed by atoms with Crippen LogP contribution < -0.4 is 16.0 Å². The molecule has 0 fully saturated rings. The molecule has 0 unspecified atom stereocenters. The Bertz CT molecular complexity index is 1170. The van der Waals surface area contributed by atoms with E-state index in [0.29, 0.717) is 10.6 Å². The van der Waals surface area contributed by atoms with E-state index in [-0.39, 0.29) is 22.8 Å². The molecule has 10 nitrogen and oxygen atoms in total. The summed E-state index contributed by atoms with van der Waals surface area (Å²) in [4.78, 5) is 51.6. The monoisotopic (exact) mass is 490 g/mol. The normalized spacial score (nSPS) is 10.6. The van der Waals surface area contributed by atoms with Crippen molar-refractivity contribution in [3.63, 3.8) is 0 Å². The van der Waals surface area contributed by atoms with E-state index in [2.05, 4.69) is 38.8 Å². The molecule has 2 aromatic rings. The van der Waals surface area contributed by atoms with Gasteiger partial charge in [0.25, 0.3) is 11.8 Å². The SMILES string of the molecule is C=C(NC(=O)c1csc(-c2ccc(NC(=O)OC(C)(C)C)c(F)c2)n1)C(=O)NC(=C)C(=O)OC. The third kappa shape index (κ3) is 7.24. The molecule has 0 spiro atoms. The molecule has 0 bridgehead atoms. The molecule has 180 valence electrons. The number of halogens is 1. The summed E-state index contributed by atoms with van der Waals surface area (Å²) in [5, 5.41) is 8.45. The van der Waals surface area contributed by atoms with Crippen molar-refractivity contribution < 1.29 is 33.0 Å². The first-order chi connectivity index (χ1) is 15.8. The van der Waals surface area contributed by atoms with Crippen molar-refractivity contribution in [2.45, 2.75) is 26.4 Å². The maximum absolute atomic E-state index is 14.5. The molecule has 12 heteroatoms. The Hall–Kier alpha value is -4.06. The molecule has 3 amide bonds. The number of nitrogens with zero attached hydrogens (tertiary/aromatic N) is 1. The van der Waals surface area contributed by atoms with Crippen molar-refractivity contribution in [1.82, 2.24) is 15.6 Å². The molecule has 0 aliphatic carbocycles. The molecule has 1 aromatic carbocycles. The van der Waals surface area contributed by atoms with Gasteiger partial charge in [-0.05, 0) is 39.0 Å². The molecule has 2 rings (SSSR count). The summed E-state index contributed by atoms with van der Waals surface area (Å²) in [5.41, 5.74) is -1.18. The second kappa shape index (κ2) is 10.7. The number of esters is 1. The largest absolute Gasteiger partial charge is 0.464 e. The van der Waals surface area contributed by atoms with Gasteiger partial charge in [0.1, 0.15) is 27.8 Å². The number of rotatable bonds is 7. The summed E-state index contributed by atoms with van der Waals surface area (Å²) in [6, 6.07) is 4.01. The fourth-order valence-electron chi connectivity index (χ4n) is 2.32. The zero-order chi connectivity index (χ0) is 25.6. The number of carbonyl (C=O) groups is 4. The van der Waals surface area contributed by atoms with Gasteiger partial charge in [-0.2, -0.15) is 0 Å². The Morgan fingerprint density at radius 3 is 2.35 bits per heavy atom. The van der Waals surface area contributed by atoms with Crippen LogP contribution in [-0.4, -0.2) is 41.6 Å². The molecule has 0 aliphatic heterocycles. The molecular formula is C22H23FN4O6S. The van der Waals surface area contributed by atoms with Gasteiger partial charge < -0.3 is 20.1 Å². The van der Waals surface area contributed by atoms with E-state index in [4.69, 9.17) is 4.74 Å². The predicted octanol–water partition coefficient (Wildman–Crippen LogP) is 3.34. The average Bonchev–Trinajstić information content (AvgIpc) is 3.23. The number of ether oxygens (including phenoxy) is 2. The topological polar surface area (TPSA) is 136 Å². The molecule has 0 saturated carbocycles. The molecule has 0 saturated heterocycles. The number of hydrogen-bond donors (Lipinski definition) is 3. The highest BCUT2D eigenvalue weighted by Crippen LogP contribution is 2.27. The standard InChI is InChI=1S/C22H23FN4O6S/c1-11(17(28)25-12(2)20(30)32-6)24-18(29)16-10-34-19(26-16)13-7-8-15(14(23)9-13)27-21(31)33-22(3,4)5/h7-10H,1-2H2,3-6H3,(H,24,29)(H,25,28)(H,27,31). The second-order valence-corrected chi connectivity index (χ2v) is 8.57. The van der Waals surface area contributed by atoms with Crippen LogP contribution in [0.15, 0.2) is 48.1 Å². The highest BCUT2D eigenvalue weighted by molar-refractivity contribution is 7.13. The van der Waals surface area contributed by atoms with Crippen LogP contribution in [0.2, 0.25) is 0 Å². The van der Waals surface area contributed by atoms with E-state index in [9.17, 15) is 23.6 Å². The van der Waals surface area contributed by atoms with Crippen molar-refractivity contribution in [1.29, 1.82) is 0 Å². The third-order valence-corrected chi connectivity index (χ3v) is 4.71. The lowest BCUT2D eigenvalue weighted by molar-refractivity contribution is -0.137. The Morgan fingerprint density at radius 1 is 1.09 bits per heavy atom. The number of aromatic nitrogens is 1. The minimum atomic E-state index is -0.866. The number of methoxy groups -OCH3 is 1. The summed E-state index contributed by atoms with van der Waals surface area (Å²) in [7, 11) is 1.12. The third-order valence-electron chi connectivity index (χ3n) is 3.82. The Labute approximate surface area is 198 Å². The van der Waals surface area contributed by atoms with Gasteiger partial charge in [-0.3, -0.25) is 14.9 Å². The van der Waals surface area contributed by atoms with Gasteiger partial charge in [0.2, 0.25) is 0 Å². The Morgan fingerprint density at radius 2 is 1.76 bits per heavy atom. The van der Waals surface area contributed by atoms with Crippen LogP contribution in [-0.2, 0) is 19.1 Å².